The van der Waals surface area contributed by atoms with Crippen LogP contribution in [0.2, 0.25) is 0 Å². The Morgan fingerprint density at radius 2 is 1.24 bits per heavy atom. The predicted octanol–water partition coefficient (Wildman–Crippen LogP) is 3.92. The lowest BCUT2D eigenvalue weighted by Crippen LogP contribution is -2.17. The third kappa shape index (κ3) is 6.37. The number of primary sulfonamides is 1. The van der Waals surface area contributed by atoms with Gasteiger partial charge in [-0.2, -0.15) is 0 Å². The molecule has 0 aromatic heterocycles. The van der Waals surface area contributed by atoms with Gasteiger partial charge in [0.1, 0.15) is 0 Å². The van der Waals surface area contributed by atoms with Gasteiger partial charge in [-0.3, -0.25) is 0 Å². The molecule has 0 saturated heterocycles. The second-order valence-corrected chi connectivity index (χ2v) is 12.5. The van der Waals surface area contributed by atoms with Crippen LogP contribution in [0.5, 0.6) is 11.5 Å². The molecule has 0 saturated carbocycles. The molecule has 0 aliphatic heterocycles. The van der Waals surface area contributed by atoms with Gasteiger partial charge in [0.05, 0.1) is 9.79 Å². The van der Waals surface area contributed by atoms with Gasteiger partial charge in [-0.1, -0.05) is 54.6 Å². The van der Waals surface area contributed by atoms with Crippen molar-refractivity contribution in [2.75, 3.05) is 6.26 Å². The summed E-state index contributed by atoms with van der Waals surface area (Å²) in [5, 5.41) is 25.4. The predicted molar refractivity (Wildman–Crippen MR) is 142 cm³/mol. The van der Waals surface area contributed by atoms with Crippen LogP contribution in [0.4, 0.5) is 0 Å². The summed E-state index contributed by atoms with van der Waals surface area (Å²) in [7, 11) is -7.39. The number of hydrogen-bond acceptors (Lipinski definition) is 6. The standard InChI is InChI=1S/C28H27NO6S2/c1-36(32,33)23-11-7-20(8-12-23)15-22-10-14-28(37(29,34)35)25(16-19-5-3-2-4-6-19)24(22)17-21-9-13-26(30)27(31)18-21/h2-14,18,30-31H,15-17H2,1H3,(H2,29,34,35). The van der Waals surface area contributed by atoms with Gasteiger partial charge in [-0.25, -0.2) is 22.0 Å². The lowest BCUT2D eigenvalue weighted by Gasteiger charge is -2.19. The minimum absolute atomic E-state index is 0.0190. The van der Waals surface area contributed by atoms with Gasteiger partial charge in [0.25, 0.3) is 0 Å². The molecule has 9 heteroatoms. The lowest BCUT2D eigenvalue weighted by atomic mass is 9.88. The highest BCUT2D eigenvalue weighted by Gasteiger charge is 2.21. The van der Waals surface area contributed by atoms with Gasteiger partial charge in [-0.05, 0) is 83.0 Å². The molecular formula is C28H27NO6S2. The van der Waals surface area contributed by atoms with Crippen molar-refractivity contribution in [1.29, 1.82) is 0 Å². The number of benzene rings is 4. The molecule has 0 unspecified atom stereocenters. The number of nitrogens with two attached hydrogens (primary N) is 1. The zero-order valence-electron chi connectivity index (χ0n) is 20.1. The van der Waals surface area contributed by atoms with Crippen molar-refractivity contribution in [2.45, 2.75) is 29.1 Å². The van der Waals surface area contributed by atoms with E-state index in [2.05, 4.69) is 0 Å². The summed E-state index contributed by atoms with van der Waals surface area (Å²) < 4.78 is 48.9. The first-order valence-corrected chi connectivity index (χ1v) is 14.9. The Balaban J connectivity index is 1.88. The Kier molecular flexibility index (Phi) is 7.40. The zero-order valence-corrected chi connectivity index (χ0v) is 21.8. The van der Waals surface area contributed by atoms with Crippen LogP contribution < -0.4 is 5.14 Å². The molecule has 0 aliphatic carbocycles. The number of sulfone groups is 1. The van der Waals surface area contributed by atoms with Gasteiger partial charge < -0.3 is 10.2 Å². The van der Waals surface area contributed by atoms with Crippen LogP contribution in [0.25, 0.3) is 0 Å². The van der Waals surface area contributed by atoms with E-state index in [0.29, 0.717) is 24.0 Å². The quantitative estimate of drug-likeness (QED) is 0.292. The van der Waals surface area contributed by atoms with Gasteiger partial charge >= 0.3 is 0 Å². The topological polar surface area (TPSA) is 135 Å². The number of phenols is 2. The second-order valence-electron chi connectivity index (χ2n) is 8.98. The number of hydrogen-bond donors (Lipinski definition) is 3. The number of aromatic hydroxyl groups is 2. The van der Waals surface area contributed by atoms with E-state index in [9.17, 15) is 27.0 Å². The molecule has 0 amide bonds. The van der Waals surface area contributed by atoms with Gasteiger partial charge in [0.2, 0.25) is 10.0 Å². The minimum Gasteiger partial charge on any atom is -0.504 e. The summed E-state index contributed by atoms with van der Waals surface area (Å²) >= 11 is 0. The highest BCUT2D eigenvalue weighted by atomic mass is 32.2. The molecular weight excluding hydrogens is 510 g/mol. The molecule has 4 aromatic rings. The van der Waals surface area contributed by atoms with Crippen LogP contribution in [-0.2, 0) is 39.1 Å². The van der Waals surface area contributed by atoms with E-state index in [-0.39, 0.29) is 27.7 Å². The van der Waals surface area contributed by atoms with E-state index in [4.69, 9.17) is 5.14 Å². The second kappa shape index (κ2) is 10.4. The van der Waals surface area contributed by atoms with Crippen LogP contribution >= 0.6 is 0 Å². The largest absolute Gasteiger partial charge is 0.504 e. The third-order valence-electron chi connectivity index (χ3n) is 6.18. The molecule has 4 aromatic carbocycles. The molecule has 0 heterocycles. The average molecular weight is 538 g/mol. The zero-order chi connectivity index (χ0) is 26.8. The maximum atomic E-state index is 12.6. The summed E-state index contributed by atoms with van der Waals surface area (Å²) in [5.41, 5.74) is 4.52. The molecule has 0 spiro atoms. The van der Waals surface area contributed by atoms with E-state index < -0.39 is 19.9 Å². The maximum Gasteiger partial charge on any atom is 0.238 e. The van der Waals surface area contributed by atoms with E-state index in [1.807, 2.05) is 30.3 Å². The summed E-state index contributed by atoms with van der Waals surface area (Å²) in [5.74, 6) is -0.527. The Morgan fingerprint density at radius 3 is 1.84 bits per heavy atom. The Labute approximate surface area is 216 Å². The van der Waals surface area contributed by atoms with Crippen molar-refractivity contribution in [2.24, 2.45) is 5.14 Å². The molecule has 4 rings (SSSR count). The molecule has 0 bridgehead atoms. The van der Waals surface area contributed by atoms with Crippen molar-refractivity contribution in [1.82, 2.24) is 0 Å². The molecule has 7 nitrogen and oxygen atoms in total. The van der Waals surface area contributed by atoms with E-state index in [1.54, 1.807) is 36.4 Å². The molecule has 0 radical (unpaired) electrons. The molecule has 37 heavy (non-hydrogen) atoms. The van der Waals surface area contributed by atoms with Crippen LogP contribution in [0.15, 0.2) is 94.7 Å². The minimum atomic E-state index is -4.05. The first-order valence-electron chi connectivity index (χ1n) is 11.4. The van der Waals surface area contributed by atoms with E-state index >= 15 is 0 Å². The number of phenolic OH excluding ortho intramolecular Hbond substituents is 2. The molecule has 4 N–H and O–H groups in total. The van der Waals surface area contributed by atoms with Gasteiger partial charge in [-0.15, -0.1) is 0 Å². The monoisotopic (exact) mass is 537 g/mol. The van der Waals surface area contributed by atoms with Crippen molar-refractivity contribution in [3.05, 3.63) is 118 Å². The maximum absolute atomic E-state index is 12.6. The van der Waals surface area contributed by atoms with Gasteiger partial charge in [0.15, 0.2) is 21.3 Å². The molecule has 0 aliphatic rings. The summed E-state index contributed by atoms with van der Waals surface area (Å²) in [6.07, 6.45) is 2.15. The van der Waals surface area contributed by atoms with Crippen molar-refractivity contribution in [3.8, 4) is 11.5 Å². The van der Waals surface area contributed by atoms with Crippen LogP contribution in [0, 0.1) is 0 Å². The highest BCUT2D eigenvalue weighted by molar-refractivity contribution is 7.90. The fraction of sp³-hybridized carbons (Fsp3) is 0.143. The van der Waals surface area contributed by atoms with Crippen LogP contribution in [-0.4, -0.2) is 33.3 Å². The average Bonchev–Trinajstić information content (AvgIpc) is 2.83. The summed E-state index contributed by atoms with van der Waals surface area (Å²) in [6.45, 7) is 0. The fourth-order valence-corrected chi connectivity index (χ4v) is 5.75. The smallest absolute Gasteiger partial charge is 0.238 e. The highest BCUT2D eigenvalue weighted by Crippen LogP contribution is 2.32. The number of rotatable bonds is 8. The Bertz CT molecular complexity index is 1650. The first kappa shape index (κ1) is 26.4. The molecule has 0 atom stereocenters. The summed E-state index contributed by atoms with van der Waals surface area (Å²) in [6, 6.07) is 23.7. The van der Waals surface area contributed by atoms with Gasteiger partial charge in [0, 0.05) is 6.26 Å². The van der Waals surface area contributed by atoms with Crippen molar-refractivity contribution < 1.29 is 27.0 Å². The van der Waals surface area contributed by atoms with Crippen molar-refractivity contribution in [3.63, 3.8) is 0 Å². The first-order chi connectivity index (χ1) is 17.4. The Hall–Kier alpha value is -3.66. The van der Waals surface area contributed by atoms with Crippen LogP contribution in [0.1, 0.15) is 33.4 Å². The molecule has 0 fully saturated rings. The normalized spacial score (nSPS) is 11.9. The summed E-state index contributed by atoms with van der Waals surface area (Å²) in [4.78, 5) is 0.232. The Morgan fingerprint density at radius 1 is 0.649 bits per heavy atom. The lowest BCUT2D eigenvalue weighted by molar-refractivity contribution is 0.403. The fourth-order valence-electron chi connectivity index (χ4n) is 4.32. The van der Waals surface area contributed by atoms with Crippen molar-refractivity contribution >= 4 is 19.9 Å². The SMILES string of the molecule is CS(=O)(=O)c1ccc(Cc2ccc(S(N)(=O)=O)c(Cc3ccccc3)c2Cc2ccc(O)c(O)c2)cc1. The molecule has 192 valence electrons. The van der Waals surface area contributed by atoms with E-state index in [1.165, 1.54) is 18.2 Å². The van der Waals surface area contributed by atoms with Crippen LogP contribution in [0.3, 0.4) is 0 Å². The third-order valence-corrected chi connectivity index (χ3v) is 8.31. The van der Waals surface area contributed by atoms with E-state index in [0.717, 1.165) is 28.5 Å². The number of sulfonamides is 1.